The van der Waals surface area contributed by atoms with Crippen LogP contribution in [0.1, 0.15) is 71.1 Å². The van der Waals surface area contributed by atoms with E-state index in [1.54, 1.807) is 11.8 Å². The summed E-state index contributed by atoms with van der Waals surface area (Å²) >= 11 is 3.77. The monoisotopic (exact) mass is 346 g/mol. The lowest BCUT2D eigenvalue weighted by Crippen LogP contribution is -2.37. The van der Waals surface area contributed by atoms with E-state index >= 15 is 0 Å². The van der Waals surface area contributed by atoms with E-state index in [1.807, 2.05) is 11.8 Å². The second kappa shape index (κ2) is 10.1. The van der Waals surface area contributed by atoms with Crippen LogP contribution in [0.15, 0.2) is 0 Å². The molecule has 0 saturated heterocycles. The molecule has 0 unspecified atom stereocenters. The molecule has 1 N–H and O–H groups in total. The first kappa shape index (κ1) is 20.2. The molecule has 0 aromatic carbocycles. The molecule has 2 aliphatic carbocycles. The summed E-state index contributed by atoms with van der Waals surface area (Å²) in [7, 11) is 0. The van der Waals surface area contributed by atoms with Crippen LogP contribution in [-0.2, 0) is 4.79 Å². The molecular formula is C18H34O2S2. The third-order valence-corrected chi connectivity index (χ3v) is 6.85. The number of rotatable bonds is 9. The van der Waals surface area contributed by atoms with Crippen LogP contribution in [0.5, 0.6) is 0 Å². The summed E-state index contributed by atoms with van der Waals surface area (Å²) in [6.45, 7) is 2.44. The SMILES string of the molecule is CSCCCC1(C(=O)O)CCC1.CSCCCC1(C)CCC1. The van der Waals surface area contributed by atoms with Crippen molar-refractivity contribution in [2.24, 2.45) is 10.8 Å². The number of carbonyl (C=O) groups is 1. The highest BCUT2D eigenvalue weighted by molar-refractivity contribution is 7.98. The normalized spacial score (nSPS) is 21.0. The smallest absolute Gasteiger partial charge is 0.309 e. The second-order valence-electron chi connectivity index (χ2n) is 7.30. The van der Waals surface area contributed by atoms with Crippen molar-refractivity contribution in [3.8, 4) is 0 Å². The predicted octanol–water partition coefficient (Wildman–Crippen LogP) is 5.70. The molecule has 130 valence electrons. The number of carboxylic acids is 1. The Hall–Kier alpha value is 0.170. The van der Waals surface area contributed by atoms with Gasteiger partial charge in [-0.15, -0.1) is 0 Å². The number of hydrogen-bond acceptors (Lipinski definition) is 3. The summed E-state index contributed by atoms with van der Waals surface area (Å²) in [5.41, 5.74) is 0.436. The van der Waals surface area contributed by atoms with E-state index < -0.39 is 5.97 Å². The Kier molecular flexibility index (Phi) is 9.30. The average molecular weight is 347 g/mol. The maximum Gasteiger partial charge on any atom is 0.309 e. The maximum absolute atomic E-state index is 10.9. The molecule has 2 nitrogen and oxygen atoms in total. The summed E-state index contributed by atoms with van der Waals surface area (Å²) in [5, 5.41) is 8.98. The Labute approximate surface area is 145 Å². The molecule has 0 aromatic heterocycles. The first-order chi connectivity index (χ1) is 10.5. The summed E-state index contributed by atoms with van der Waals surface area (Å²) in [6, 6.07) is 0. The van der Waals surface area contributed by atoms with Crippen molar-refractivity contribution in [2.45, 2.75) is 71.1 Å². The Morgan fingerprint density at radius 2 is 1.45 bits per heavy atom. The molecule has 0 aliphatic heterocycles. The van der Waals surface area contributed by atoms with Crippen LogP contribution < -0.4 is 0 Å². The quantitative estimate of drug-likeness (QED) is 0.543. The highest BCUT2D eigenvalue weighted by Gasteiger charge is 2.43. The van der Waals surface area contributed by atoms with Crippen molar-refractivity contribution in [2.75, 3.05) is 24.0 Å². The van der Waals surface area contributed by atoms with Crippen molar-refractivity contribution in [3.05, 3.63) is 0 Å². The highest BCUT2D eigenvalue weighted by atomic mass is 32.2. The Morgan fingerprint density at radius 3 is 1.77 bits per heavy atom. The standard InChI is InChI=1S/C9H16O2S.C9H18S/c1-12-7-3-6-9(8(10)11)4-2-5-9;1-9(5-3-6-9)7-4-8-10-2/h2-7H2,1H3,(H,10,11);3-8H2,1-2H3. The van der Waals surface area contributed by atoms with Crippen LogP contribution in [0, 0.1) is 10.8 Å². The van der Waals surface area contributed by atoms with E-state index in [2.05, 4.69) is 19.4 Å². The number of carboxylic acid groups (broad SMARTS) is 1. The third-order valence-electron chi connectivity index (χ3n) is 5.46. The lowest BCUT2D eigenvalue weighted by molar-refractivity contribution is -0.155. The summed E-state index contributed by atoms with van der Waals surface area (Å²) in [6.07, 6.45) is 16.4. The maximum atomic E-state index is 10.9. The van der Waals surface area contributed by atoms with Crippen LogP contribution in [0.2, 0.25) is 0 Å². The molecule has 0 bridgehead atoms. The van der Waals surface area contributed by atoms with Gasteiger partial charge in [-0.3, -0.25) is 4.79 Å². The van der Waals surface area contributed by atoms with Gasteiger partial charge in [-0.05, 0) is 80.8 Å². The van der Waals surface area contributed by atoms with E-state index in [0.717, 1.165) is 43.3 Å². The van der Waals surface area contributed by atoms with Crippen LogP contribution in [0.3, 0.4) is 0 Å². The van der Waals surface area contributed by atoms with Crippen LogP contribution in [0.25, 0.3) is 0 Å². The molecule has 2 rings (SSSR count). The third kappa shape index (κ3) is 6.35. The van der Waals surface area contributed by atoms with Crippen molar-refractivity contribution >= 4 is 29.5 Å². The average Bonchev–Trinajstić information content (AvgIpc) is 2.40. The lowest BCUT2D eigenvalue weighted by Gasteiger charge is -2.38. The van der Waals surface area contributed by atoms with Crippen LogP contribution >= 0.6 is 23.5 Å². The minimum absolute atomic E-state index is 0.324. The van der Waals surface area contributed by atoms with Gasteiger partial charge in [0.25, 0.3) is 0 Å². The molecule has 2 fully saturated rings. The number of hydrogen-bond donors (Lipinski definition) is 1. The zero-order chi connectivity index (χ0) is 16.5. The minimum atomic E-state index is -0.574. The largest absolute Gasteiger partial charge is 0.481 e. The fourth-order valence-corrected chi connectivity index (χ4v) is 4.27. The first-order valence-electron chi connectivity index (χ1n) is 8.69. The van der Waals surface area contributed by atoms with E-state index in [0.29, 0.717) is 0 Å². The molecule has 4 heteroatoms. The van der Waals surface area contributed by atoms with Gasteiger partial charge in [0.05, 0.1) is 5.41 Å². The molecule has 2 saturated carbocycles. The summed E-state index contributed by atoms with van der Waals surface area (Å²) < 4.78 is 0. The van der Waals surface area contributed by atoms with Gasteiger partial charge in [-0.25, -0.2) is 0 Å². The number of thioether (sulfide) groups is 2. The molecule has 0 spiro atoms. The lowest BCUT2D eigenvalue weighted by atomic mass is 9.66. The van der Waals surface area contributed by atoms with Gasteiger partial charge in [0.1, 0.15) is 0 Å². The van der Waals surface area contributed by atoms with Crippen LogP contribution in [0.4, 0.5) is 0 Å². The van der Waals surface area contributed by atoms with E-state index in [9.17, 15) is 4.79 Å². The Bertz CT molecular complexity index is 323. The topological polar surface area (TPSA) is 37.3 Å². The second-order valence-corrected chi connectivity index (χ2v) is 9.27. The van der Waals surface area contributed by atoms with E-state index in [-0.39, 0.29) is 5.41 Å². The van der Waals surface area contributed by atoms with Gasteiger partial charge >= 0.3 is 5.97 Å². The molecule has 22 heavy (non-hydrogen) atoms. The molecule has 0 heterocycles. The fraction of sp³-hybridized carbons (Fsp3) is 0.944. The van der Waals surface area contributed by atoms with Crippen molar-refractivity contribution < 1.29 is 9.90 Å². The van der Waals surface area contributed by atoms with Crippen molar-refractivity contribution in [3.63, 3.8) is 0 Å². The molecule has 0 aromatic rings. The summed E-state index contributed by atoms with van der Waals surface area (Å²) in [4.78, 5) is 10.9. The van der Waals surface area contributed by atoms with Gasteiger partial charge in [0.15, 0.2) is 0 Å². The van der Waals surface area contributed by atoms with Gasteiger partial charge < -0.3 is 5.11 Å². The fourth-order valence-electron chi connectivity index (χ4n) is 3.40. The summed E-state index contributed by atoms with van der Waals surface area (Å²) in [5.74, 6) is 1.87. The Balaban J connectivity index is 0.000000224. The van der Waals surface area contributed by atoms with Gasteiger partial charge in [-0.1, -0.05) is 19.8 Å². The van der Waals surface area contributed by atoms with E-state index in [1.165, 1.54) is 37.9 Å². The number of aliphatic carboxylic acids is 1. The van der Waals surface area contributed by atoms with Crippen molar-refractivity contribution in [1.29, 1.82) is 0 Å². The minimum Gasteiger partial charge on any atom is -0.481 e. The van der Waals surface area contributed by atoms with E-state index in [4.69, 9.17) is 5.11 Å². The van der Waals surface area contributed by atoms with Crippen LogP contribution in [-0.4, -0.2) is 35.1 Å². The zero-order valence-electron chi connectivity index (χ0n) is 14.7. The molecule has 0 atom stereocenters. The molecule has 2 aliphatic rings. The molecule has 0 amide bonds. The van der Waals surface area contributed by atoms with Gasteiger partial charge in [-0.2, -0.15) is 23.5 Å². The van der Waals surface area contributed by atoms with Gasteiger partial charge in [0.2, 0.25) is 0 Å². The highest BCUT2D eigenvalue weighted by Crippen LogP contribution is 2.45. The Morgan fingerprint density at radius 1 is 0.955 bits per heavy atom. The first-order valence-corrected chi connectivity index (χ1v) is 11.5. The molecule has 0 radical (unpaired) electrons. The predicted molar refractivity (Wildman–Crippen MR) is 101 cm³/mol. The van der Waals surface area contributed by atoms with Crippen molar-refractivity contribution in [1.82, 2.24) is 0 Å². The molecular weight excluding hydrogens is 312 g/mol. The van der Waals surface area contributed by atoms with Gasteiger partial charge in [0, 0.05) is 0 Å². The zero-order valence-corrected chi connectivity index (χ0v) is 16.3.